The predicted octanol–water partition coefficient (Wildman–Crippen LogP) is 5.82. The quantitative estimate of drug-likeness (QED) is 0.253. The van der Waals surface area contributed by atoms with Gasteiger partial charge in [-0.3, -0.25) is 9.69 Å². The number of rotatable bonds is 13. The van der Waals surface area contributed by atoms with Crippen molar-refractivity contribution in [2.24, 2.45) is 0 Å². The highest BCUT2D eigenvalue weighted by Gasteiger charge is 2.24. The number of sulfonamides is 1. The molecule has 8 nitrogen and oxygen atoms in total. The minimum Gasteiger partial charge on any atom is -0.351 e. The molecule has 0 saturated carbocycles. The minimum atomic E-state index is -3.58. The number of unbranched alkanes of at least 4 members (excludes halogenated alkanes) is 2. The number of nitrogens with zero attached hydrogens (tertiary/aromatic N) is 4. The van der Waals surface area contributed by atoms with Gasteiger partial charge in [-0.05, 0) is 55.7 Å². The predicted molar refractivity (Wildman–Crippen MR) is 173 cm³/mol. The summed E-state index contributed by atoms with van der Waals surface area (Å²) < 4.78 is 28.9. The lowest BCUT2D eigenvalue weighted by atomic mass is 10.2. The topological polar surface area (TPSA) is 85.8 Å². The van der Waals surface area contributed by atoms with Crippen molar-refractivity contribution < 1.29 is 13.2 Å². The number of carbonyl (C=O) groups excluding carboxylic acids is 1. The zero-order chi connectivity index (χ0) is 28.7. The van der Waals surface area contributed by atoms with E-state index in [2.05, 4.69) is 35.9 Å². The van der Waals surface area contributed by atoms with Gasteiger partial charge in [-0.15, -0.1) is 12.4 Å². The molecular formula is C29H41Cl2N5O3S2. The van der Waals surface area contributed by atoms with Crippen LogP contribution in [-0.4, -0.2) is 80.9 Å². The molecular weight excluding hydrogens is 601 g/mol. The van der Waals surface area contributed by atoms with E-state index >= 15 is 0 Å². The van der Waals surface area contributed by atoms with Gasteiger partial charge in [0.15, 0.2) is 5.13 Å². The molecule has 41 heavy (non-hydrogen) atoms. The Morgan fingerprint density at radius 2 is 1.66 bits per heavy atom. The van der Waals surface area contributed by atoms with Crippen LogP contribution in [0.1, 0.15) is 55.5 Å². The number of carbonyl (C=O) groups is 1. The van der Waals surface area contributed by atoms with Gasteiger partial charge in [-0.2, -0.15) is 4.31 Å². The van der Waals surface area contributed by atoms with E-state index in [1.165, 1.54) is 0 Å². The van der Waals surface area contributed by atoms with E-state index in [0.717, 1.165) is 84.3 Å². The van der Waals surface area contributed by atoms with Gasteiger partial charge >= 0.3 is 0 Å². The van der Waals surface area contributed by atoms with Crippen LogP contribution in [0.5, 0.6) is 0 Å². The van der Waals surface area contributed by atoms with E-state index in [4.69, 9.17) is 16.6 Å². The second kappa shape index (κ2) is 15.5. The van der Waals surface area contributed by atoms with E-state index < -0.39 is 10.0 Å². The number of nitrogens with one attached hydrogen (secondary N) is 1. The maximum Gasteiger partial charge on any atom is 0.251 e. The molecule has 1 aromatic heterocycles. The molecule has 0 spiro atoms. The third-order valence-electron chi connectivity index (χ3n) is 7.32. The lowest BCUT2D eigenvalue weighted by Crippen LogP contribution is -2.48. The first-order chi connectivity index (χ1) is 19.2. The summed E-state index contributed by atoms with van der Waals surface area (Å²) in [6, 6.07) is 10.2. The van der Waals surface area contributed by atoms with Crippen molar-refractivity contribution in [1.29, 1.82) is 0 Å². The Balaban J connectivity index is 0.00000462. The highest BCUT2D eigenvalue weighted by molar-refractivity contribution is 7.89. The highest BCUT2D eigenvalue weighted by atomic mass is 35.5. The van der Waals surface area contributed by atoms with Crippen LogP contribution in [0, 0.1) is 6.92 Å². The number of fused-ring (bicyclic) bond motifs is 1. The fraction of sp³-hybridized carbons (Fsp3) is 0.517. The molecule has 0 unspecified atom stereocenters. The molecule has 226 valence electrons. The van der Waals surface area contributed by atoms with E-state index in [-0.39, 0.29) is 23.2 Å². The van der Waals surface area contributed by atoms with Crippen molar-refractivity contribution in [3.8, 4) is 0 Å². The molecule has 1 fully saturated rings. The van der Waals surface area contributed by atoms with Gasteiger partial charge in [0.05, 0.1) is 20.1 Å². The summed E-state index contributed by atoms with van der Waals surface area (Å²) in [7, 11) is -3.58. The third-order valence-corrected chi connectivity index (χ3v) is 10.8. The number of aryl methyl sites for hydroxylation is 1. The number of halogens is 2. The van der Waals surface area contributed by atoms with Gasteiger partial charge in [0.2, 0.25) is 10.0 Å². The number of anilines is 1. The van der Waals surface area contributed by atoms with Crippen molar-refractivity contribution in [3.63, 3.8) is 0 Å². The molecule has 0 atom stereocenters. The standard InChI is InChI=1S/C29H40ClN5O3S2.ClH/c1-4-6-15-35(16-7-5-2)40(37,38)24-11-9-23(10-12-24)28(36)31-14-17-33-18-20-34(21-19-33)29-32-26-22(3)8-13-25(30)27(26)39-29;/h8-13H,4-7,14-21H2,1-3H3,(H,31,36);1H. The van der Waals surface area contributed by atoms with Crippen LogP contribution in [0.3, 0.4) is 0 Å². The SMILES string of the molecule is CCCCN(CCCC)S(=O)(=O)c1ccc(C(=O)NCCN2CCN(c3nc4c(C)ccc(Cl)c4s3)CC2)cc1.Cl. The molecule has 0 bridgehead atoms. The Bertz CT molecular complexity index is 1340. The number of benzene rings is 2. The molecule has 0 radical (unpaired) electrons. The molecule has 2 heterocycles. The molecule has 1 aliphatic heterocycles. The Morgan fingerprint density at radius 3 is 2.24 bits per heavy atom. The second-order valence-electron chi connectivity index (χ2n) is 10.3. The largest absolute Gasteiger partial charge is 0.351 e. The first-order valence-electron chi connectivity index (χ1n) is 14.2. The number of hydrogen-bond donors (Lipinski definition) is 1. The molecule has 12 heteroatoms. The molecule has 4 rings (SSSR count). The fourth-order valence-corrected chi connectivity index (χ4v) is 7.65. The summed E-state index contributed by atoms with van der Waals surface area (Å²) in [5, 5.41) is 4.73. The van der Waals surface area contributed by atoms with Crippen LogP contribution < -0.4 is 10.2 Å². The summed E-state index contributed by atoms with van der Waals surface area (Å²) in [5.41, 5.74) is 2.57. The molecule has 1 saturated heterocycles. The lowest BCUT2D eigenvalue weighted by molar-refractivity contribution is 0.0947. The summed E-state index contributed by atoms with van der Waals surface area (Å²) >= 11 is 8.03. The van der Waals surface area contributed by atoms with Crippen LogP contribution in [0.4, 0.5) is 5.13 Å². The summed E-state index contributed by atoms with van der Waals surface area (Å²) in [4.78, 5) is 22.4. The fourth-order valence-electron chi connectivity index (χ4n) is 4.77. The first kappa shape index (κ1) is 33.6. The monoisotopic (exact) mass is 641 g/mol. The Labute approximate surface area is 259 Å². The van der Waals surface area contributed by atoms with Crippen molar-refractivity contribution in [2.75, 3.05) is 57.3 Å². The van der Waals surface area contributed by atoms with Crippen LogP contribution in [-0.2, 0) is 10.0 Å². The average molecular weight is 643 g/mol. The number of piperazine rings is 1. The number of amides is 1. The zero-order valence-corrected chi connectivity index (χ0v) is 27.3. The van der Waals surface area contributed by atoms with Crippen LogP contribution in [0.2, 0.25) is 5.02 Å². The van der Waals surface area contributed by atoms with Gasteiger partial charge in [-0.1, -0.05) is 55.7 Å². The van der Waals surface area contributed by atoms with Gasteiger partial charge in [0, 0.05) is 57.9 Å². The van der Waals surface area contributed by atoms with Gasteiger partial charge in [-0.25, -0.2) is 13.4 Å². The van der Waals surface area contributed by atoms with Gasteiger partial charge in [0.1, 0.15) is 0 Å². The van der Waals surface area contributed by atoms with Crippen LogP contribution in [0.25, 0.3) is 10.2 Å². The molecule has 3 aromatic rings. The second-order valence-corrected chi connectivity index (χ2v) is 13.6. The Morgan fingerprint density at radius 1 is 1.02 bits per heavy atom. The van der Waals surface area contributed by atoms with E-state index in [1.54, 1.807) is 39.9 Å². The van der Waals surface area contributed by atoms with Crippen molar-refractivity contribution in [3.05, 3.63) is 52.5 Å². The Hall–Kier alpha value is -1.95. The van der Waals surface area contributed by atoms with Crippen molar-refractivity contribution in [2.45, 2.75) is 51.3 Å². The highest BCUT2D eigenvalue weighted by Crippen LogP contribution is 2.35. The first-order valence-corrected chi connectivity index (χ1v) is 16.8. The Kier molecular flexibility index (Phi) is 12.7. The van der Waals surface area contributed by atoms with Crippen molar-refractivity contribution in [1.82, 2.24) is 19.5 Å². The zero-order valence-electron chi connectivity index (χ0n) is 24.1. The number of hydrogen-bond acceptors (Lipinski definition) is 7. The minimum absolute atomic E-state index is 0. The summed E-state index contributed by atoms with van der Waals surface area (Å²) in [6.45, 7) is 12.0. The maximum atomic E-state index is 13.2. The van der Waals surface area contributed by atoms with Crippen LogP contribution in [0.15, 0.2) is 41.3 Å². The smallest absolute Gasteiger partial charge is 0.251 e. The van der Waals surface area contributed by atoms with E-state index in [0.29, 0.717) is 25.2 Å². The van der Waals surface area contributed by atoms with E-state index in [9.17, 15) is 13.2 Å². The molecule has 1 amide bonds. The van der Waals surface area contributed by atoms with Crippen molar-refractivity contribution >= 4 is 66.6 Å². The molecule has 0 aliphatic carbocycles. The van der Waals surface area contributed by atoms with Gasteiger partial charge in [0.25, 0.3) is 5.91 Å². The lowest BCUT2D eigenvalue weighted by Gasteiger charge is -2.34. The maximum absolute atomic E-state index is 13.2. The number of thiazole rings is 1. The average Bonchev–Trinajstić information content (AvgIpc) is 3.42. The molecule has 1 N–H and O–H groups in total. The molecule has 2 aromatic carbocycles. The summed E-state index contributed by atoms with van der Waals surface area (Å²) in [5.74, 6) is -0.196. The van der Waals surface area contributed by atoms with Gasteiger partial charge < -0.3 is 10.2 Å². The third kappa shape index (κ3) is 8.33. The van der Waals surface area contributed by atoms with Crippen LogP contribution >= 0.6 is 35.3 Å². The summed E-state index contributed by atoms with van der Waals surface area (Å²) in [6.07, 6.45) is 3.53. The molecule has 1 aliphatic rings. The van der Waals surface area contributed by atoms with E-state index in [1.807, 2.05) is 12.1 Å². The number of aromatic nitrogens is 1. The normalized spacial score (nSPS) is 14.4.